The van der Waals surface area contributed by atoms with Crippen molar-refractivity contribution in [2.24, 2.45) is 0 Å². The molecule has 3 heteroatoms. The third-order valence-electron chi connectivity index (χ3n) is 4.37. The van der Waals surface area contributed by atoms with Crippen LogP contribution >= 0.6 is 0 Å². The van der Waals surface area contributed by atoms with Gasteiger partial charge in [-0.2, -0.15) is 0 Å². The Hall–Kier alpha value is -0.120. The van der Waals surface area contributed by atoms with E-state index in [1.807, 2.05) is 7.05 Å². The Morgan fingerprint density at radius 2 is 1.45 bits per heavy atom. The van der Waals surface area contributed by atoms with Gasteiger partial charge < -0.3 is 9.47 Å². The molecule has 0 bridgehead atoms. The van der Waals surface area contributed by atoms with Gasteiger partial charge in [0, 0.05) is 12.8 Å². The highest BCUT2D eigenvalue weighted by Gasteiger charge is 2.46. The topological polar surface area (TPSA) is 30.5 Å². The van der Waals surface area contributed by atoms with E-state index in [2.05, 4.69) is 26.1 Å². The lowest BCUT2D eigenvalue weighted by Gasteiger charge is -2.31. The number of likely N-dealkylation sites (N-methyl/N-ethyl adjacent to an activating group) is 1. The van der Waals surface area contributed by atoms with Gasteiger partial charge in [-0.05, 0) is 26.8 Å². The van der Waals surface area contributed by atoms with E-state index in [-0.39, 0.29) is 11.5 Å². The maximum absolute atomic E-state index is 6.31. The van der Waals surface area contributed by atoms with E-state index in [9.17, 15) is 0 Å². The minimum atomic E-state index is -0.334. The van der Waals surface area contributed by atoms with Gasteiger partial charge in [-0.1, -0.05) is 52.4 Å². The van der Waals surface area contributed by atoms with Crippen LogP contribution in [0.2, 0.25) is 0 Å². The van der Waals surface area contributed by atoms with Crippen molar-refractivity contribution in [2.75, 3.05) is 13.7 Å². The summed E-state index contributed by atoms with van der Waals surface area (Å²) < 4.78 is 12.4. The van der Waals surface area contributed by atoms with E-state index in [0.717, 1.165) is 12.8 Å². The molecule has 1 rings (SSSR count). The molecule has 1 atom stereocenters. The fourth-order valence-electron chi connectivity index (χ4n) is 2.88. The van der Waals surface area contributed by atoms with Crippen molar-refractivity contribution in [3.8, 4) is 0 Å². The first kappa shape index (κ1) is 17.9. The van der Waals surface area contributed by atoms with E-state index in [1.165, 1.54) is 51.4 Å². The minimum absolute atomic E-state index is 0.310. The molecule has 1 aliphatic rings. The molecular formula is C17H35NO2. The number of hydrogen-bond acceptors (Lipinski definition) is 3. The van der Waals surface area contributed by atoms with Gasteiger partial charge in [-0.25, -0.2) is 0 Å². The van der Waals surface area contributed by atoms with Gasteiger partial charge in [0.05, 0.1) is 6.61 Å². The SMILES string of the molecule is CCCCCCC1(CCCCCC)OCC(C)(NC)O1. The summed E-state index contributed by atoms with van der Waals surface area (Å²) in [6.07, 6.45) is 12.3. The van der Waals surface area contributed by atoms with Crippen LogP contribution in [0.15, 0.2) is 0 Å². The first-order chi connectivity index (χ1) is 9.60. The molecule has 0 aromatic rings. The maximum atomic E-state index is 6.31. The second-order valence-electron chi connectivity index (χ2n) is 6.40. The molecule has 0 spiro atoms. The maximum Gasteiger partial charge on any atom is 0.170 e. The molecule has 1 unspecified atom stereocenters. The van der Waals surface area contributed by atoms with Crippen LogP contribution in [-0.4, -0.2) is 25.2 Å². The van der Waals surface area contributed by atoms with Gasteiger partial charge in [0.2, 0.25) is 0 Å². The molecule has 3 nitrogen and oxygen atoms in total. The predicted molar refractivity (Wildman–Crippen MR) is 84.8 cm³/mol. The van der Waals surface area contributed by atoms with Crippen molar-refractivity contribution >= 4 is 0 Å². The molecule has 0 aliphatic carbocycles. The van der Waals surface area contributed by atoms with E-state index >= 15 is 0 Å². The van der Waals surface area contributed by atoms with Crippen LogP contribution in [0, 0.1) is 0 Å². The van der Waals surface area contributed by atoms with Gasteiger partial charge in [0.1, 0.15) is 5.72 Å². The Balaban J connectivity index is 2.46. The summed E-state index contributed by atoms with van der Waals surface area (Å²) in [5.41, 5.74) is -0.310. The van der Waals surface area contributed by atoms with Crippen molar-refractivity contribution in [3.63, 3.8) is 0 Å². The van der Waals surface area contributed by atoms with Crippen molar-refractivity contribution in [2.45, 2.75) is 96.5 Å². The predicted octanol–water partition coefficient (Wildman–Crippen LogP) is 4.61. The molecule has 1 N–H and O–H groups in total. The van der Waals surface area contributed by atoms with Crippen LogP contribution in [0.3, 0.4) is 0 Å². The number of ether oxygens (including phenoxy) is 2. The average molecular weight is 285 g/mol. The van der Waals surface area contributed by atoms with Crippen LogP contribution in [0.4, 0.5) is 0 Å². The van der Waals surface area contributed by atoms with Crippen LogP contribution in [0.5, 0.6) is 0 Å². The zero-order valence-corrected chi connectivity index (χ0v) is 14.1. The summed E-state index contributed by atoms with van der Waals surface area (Å²) in [7, 11) is 1.95. The van der Waals surface area contributed by atoms with Crippen LogP contribution < -0.4 is 5.32 Å². The largest absolute Gasteiger partial charge is 0.345 e. The fourth-order valence-corrected chi connectivity index (χ4v) is 2.88. The molecule has 1 heterocycles. The molecule has 1 fully saturated rings. The smallest absolute Gasteiger partial charge is 0.170 e. The Bertz CT molecular complexity index is 245. The number of hydrogen-bond donors (Lipinski definition) is 1. The van der Waals surface area contributed by atoms with Crippen molar-refractivity contribution in [1.82, 2.24) is 5.32 Å². The standard InChI is InChI=1S/C17H35NO2/c1-5-7-9-11-13-17(14-12-10-8-6-2)19-15-16(3,18-4)20-17/h18H,5-15H2,1-4H3. The lowest BCUT2D eigenvalue weighted by molar-refractivity contribution is -0.199. The second-order valence-corrected chi connectivity index (χ2v) is 6.40. The molecule has 0 aromatic carbocycles. The van der Waals surface area contributed by atoms with Gasteiger partial charge in [0.25, 0.3) is 0 Å². The zero-order chi connectivity index (χ0) is 14.9. The molecular weight excluding hydrogens is 250 g/mol. The zero-order valence-electron chi connectivity index (χ0n) is 14.1. The molecule has 0 radical (unpaired) electrons. The molecule has 1 saturated heterocycles. The summed E-state index contributed by atoms with van der Waals surface area (Å²) in [6.45, 7) is 7.25. The molecule has 0 aromatic heterocycles. The van der Waals surface area contributed by atoms with Gasteiger partial charge >= 0.3 is 0 Å². The third kappa shape index (κ3) is 5.71. The Labute approximate surface area is 125 Å². The Morgan fingerprint density at radius 1 is 0.900 bits per heavy atom. The molecule has 0 amide bonds. The average Bonchev–Trinajstić information content (AvgIpc) is 2.79. The first-order valence-electron chi connectivity index (χ1n) is 8.63. The van der Waals surface area contributed by atoms with E-state index in [0.29, 0.717) is 6.61 Å². The van der Waals surface area contributed by atoms with E-state index in [1.54, 1.807) is 0 Å². The molecule has 1 aliphatic heterocycles. The van der Waals surface area contributed by atoms with Crippen LogP contribution in [0.25, 0.3) is 0 Å². The highest BCUT2D eigenvalue weighted by atomic mass is 16.8. The second kappa shape index (κ2) is 9.01. The van der Waals surface area contributed by atoms with E-state index < -0.39 is 0 Å². The van der Waals surface area contributed by atoms with Crippen LogP contribution in [0.1, 0.15) is 85.0 Å². The first-order valence-corrected chi connectivity index (χ1v) is 8.63. The van der Waals surface area contributed by atoms with Gasteiger partial charge in [-0.3, -0.25) is 5.32 Å². The molecule has 120 valence electrons. The quantitative estimate of drug-likeness (QED) is 0.562. The normalized spacial score (nSPS) is 25.2. The van der Waals surface area contributed by atoms with Crippen molar-refractivity contribution in [3.05, 3.63) is 0 Å². The minimum Gasteiger partial charge on any atom is -0.345 e. The summed E-state index contributed by atoms with van der Waals surface area (Å²) in [4.78, 5) is 0. The lowest BCUT2D eigenvalue weighted by atomic mass is 10.00. The fraction of sp³-hybridized carbons (Fsp3) is 1.00. The molecule has 20 heavy (non-hydrogen) atoms. The van der Waals surface area contributed by atoms with Gasteiger partial charge in [-0.15, -0.1) is 0 Å². The van der Waals surface area contributed by atoms with Crippen molar-refractivity contribution < 1.29 is 9.47 Å². The molecule has 0 saturated carbocycles. The Kier molecular flexibility index (Phi) is 8.08. The monoisotopic (exact) mass is 285 g/mol. The van der Waals surface area contributed by atoms with Gasteiger partial charge in [0.15, 0.2) is 5.79 Å². The Morgan fingerprint density at radius 3 is 1.85 bits per heavy atom. The highest BCUT2D eigenvalue weighted by Crippen LogP contribution is 2.37. The van der Waals surface area contributed by atoms with Crippen LogP contribution in [-0.2, 0) is 9.47 Å². The lowest BCUT2D eigenvalue weighted by Crippen LogP contribution is -2.44. The summed E-state index contributed by atoms with van der Waals surface area (Å²) in [5.74, 6) is -0.334. The number of nitrogens with one attached hydrogen (secondary N) is 1. The summed E-state index contributed by atoms with van der Waals surface area (Å²) in [6, 6.07) is 0. The third-order valence-corrected chi connectivity index (χ3v) is 4.37. The number of unbranched alkanes of at least 4 members (excludes halogenated alkanes) is 6. The summed E-state index contributed by atoms with van der Waals surface area (Å²) in [5, 5.41) is 3.25. The van der Waals surface area contributed by atoms with E-state index in [4.69, 9.17) is 9.47 Å². The summed E-state index contributed by atoms with van der Waals surface area (Å²) >= 11 is 0. The number of rotatable bonds is 11. The highest BCUT2D eigenvalue weighted by molar-refractivity contribution is 4.85. The van der Waals surface area contributed by atoms with Crippen molar-refractivity contribution in [1.29, 1.82) is 0 Å².